The smallest absolute Gasteiger partial charge is 0.257 e. The van der Waals surface area contributed by atoms with Gasteiger partial charge in [-0.1, -0.05) is 31.0 Å². The van der Waals surface area contributed by atoms with Crippen molar-refractivity contribution in [3.8, 4) is 23.6 Å². The van der Waals surface area contributed by atoms with Crippen molar-refractivity contribution in [2.75, 3.05) is 6.61 Å². The van der Waals surface area contributed by atoms with Crippen LogP contribution >= 0.6 is 0 Å². The number of H-pyrrole nitrogens is 2. The second-order valence-corrected chi connectivity index (χ2v) is 6.39. The van der Waals surface area contributed by atoms with Crippen molar-refractivity contribution in [2.24, 2.45) is 0 Å². The average molecular weight is 362 g/mol. The van der Waals surface area contributed by atoms with Crippen molar-refractivity contribution in [3.05, 3.63) is 63.8 Å². The van der Waals surface area contributed by atoms with Crippen LogP contribution in [0.15, 0.2) is 47.0 Å². The minimum atomic E-state index is -0.501. The summed E-state index contributed by atoms with van der Waals surface area (Å²) >= 11 is 0. The summed E-state index contributed by atoms with van der Waals surface area (Å²) in [6.45, 7) is 3.92. The number of hydrogen-bond donors (Lipinski definition) is 3. The van der Waals surface area contributed by atoms with Gasteiger partial charge in [0.25, 0.3) is 5.56 Å². The monoisotopic (exact) mass is 362 g/mol. The lowest BCUT2D eigenvalue weighted by Crippen LogP contribution is -2.12. The van der Waals surface area contributed by atoms with E-state index in [1.165, 1.54) is 0 Å². The average Bonchev–Trinajstić information content (AvgIpc) is 3.07. The van der Waals surface area contributed by atoms with E-state index < -0.39 is 6.10 Å². The lowest BCUT2D eigenvalue weighted by Gasteiger charge is -2.10. The molecule has 5 heteroatoms. The third-order valence-electron chi connectivity index (χ3n) is 4.37. The summed E-state index contributed by atoms with van der Waals surface area (Å²) in [4.78, 5) is 18.5. The molecule has 3 aromatic rings. The Bertz CT molecular complexity index is 1080. The number of benzene rings is 1. The maximum Gasteiger partial charge on any atom is 0.257 e. The van der Waals surface area contributed by atoms with Gasteiger partial charge in [-0.2, -0.15) is 0 Å². The van der Waals surface area contributed by atoms with Gasteiger partial charge >= 0.3 is 0 Å². The van der Waals surface area contributed by atoms with E-state index in [-0.39, 0.29) is 12.2 Å². The first-order valence-corrected chi connectivity index (χ1v) is 8.83. The number of pyridine rings is 1. The van der Waals surface area contributed by atoms with Crippen molar-refractivity contribution in [1.82, 2.24) is 9.97 Å². The van der Waals surface area contributed by atoms with Gasteiger partial charge in [-0.3, -0.25) is 4.79 Å². The van der Waals surface area contributed by atoms with Crippen LogP contribution in [0.1, 0.15) is 31.5 Å². The number of aromatic nitrogens is 2. The Morgan fingerprint density at radius 2 is 2.11 bits per heavy atom. The molecule has 0 spiro atoms. The van der Waals surface area contributed by atoms with Gasteiger partial charge in [-0.15, -0.1) is 6.42 Å². The topological polar surface area (TPSA) is 78.1 Å². The first-order valence-electron chi connectivity index (χ1n) is 8.83. The zero-order valence-electron chi connectivity index (χ0n) is 15.4. The third-order valence-corrected chi connectivity index (χ3v) is 4.37. The zero-order valence-corrected chi connectivity index (χ0v) is 15.4. The first-order chi connectivity index (χ1) is 13.0. The molecule has 0 saturated heterocycles. The highest BCUT2D eigenvalue weighted by molar-refractivity contribution is 5.83. The maximum absolute atomic E-state index is 12.5. The Hall–Kier alpha value is -3.23. The number of allylic oxidation sites excluding steroid dienone is 1. The van der Waals surface area contributed by atoms with Crippen LogP contribution in [0, 0.1) is 12.3 Å². The largest absolute Gasteiger partial charge is 0.496 e. The first kappa shape index (κ1) is 18.6. The molecule has 0 radical (unpaired) electrons. The van der Waals surface area contributed by atoms with E-state index in [0.29, 0.717) is 29.1 Å². The molecule has 27 heavy (non-hydrogen) atoms. The van der Waals surface area contributed by atoms with Crippen LogP contribution in [0.2, 0.25) is 0 Å². The molecule has 138 valence electrons. The van der Waals surface area contributed by atoms with Gasteiger partial charge in [0.05, 0.1) is 28.8 Å². The SMILES string of the molecule is C#Cc1[nH]c(-c2cc3ccccc3[nH]c2=O)cc1/C=C(\C)OCC(O)CC. The molecule has 1 unspecified atom stereocenters. The number of terminal acetylenes is 1. The standard InChI is InChI=1S/C22H22N2O3/c1-4-17(25)13-27-14(3)10-16-12-21(23-19(16)5-2)18-11-15-8-6-7-9-20(15)24-22(18)26/h2,6-12,17,23,25H,4,13H2,1,3H3,(H,24,26)/b14-10+. The van der Waals surface area contributed by atoms with Crippen LogP contribution in [0.4, 0.5) is 0 Å². The number of aliphatic hydroxyl groups is 1. The Labute approximate surface area is 157 Å². The number of aromatic amines is 2. The highest BCUT2D eigenvalue weighted by Crippen LogP contribution is 2.23. The molecule has 2 aromatic heterocycles. The van der Waals surface area contributed by atoms with Crippen LogP contribution in [0.25, 0.3) is 28.2 Å². The summed E-state index contributed by atoms with van der Waals surface area (Å²) in [5, 5.41) is 10.6. The molecule has 0 aliphatic rings. The molecule has 0 bridgehead atoms. The molecule has 1 aromatic carbocycles. The molecular weight excluding hydrogens is 340 g/mol. The van der Waals surface area contributed by atoms with E-state index >= 15 is 0 Å². The molecule has 0 fully saturated rings. The number of aliphatic hydroxyl groups excluding tert-OH is 1. The van der Waals surface area contributed by atoms with E-state index in [4.69, 9.17) is 11.2 Å². The van der Waals surface area contributed by atoms with Gasteiger partial charge in [-0.25, -0.2) is 0 Å². The summed E-state index contributed by atoms with van der Waals surface area (Å²) < 4.78 is 5.56. The highest BCUT2D eigenvalue weighted by atomic mass is 16.5. The second-order valence-electron chi connectivity index (χ2n) is 6.39. The van der Waals surface area contributed by atoms with Crippen molar-refractivity contribution >= 4 is 17.0 Å². The Kier molecular flexibility index (Phi) is 5.49. The molecule has 5 nitrogen and oxygen atoms in total. The second kappa shape index (κ2) is 7.98. The van der Waals surface area contributed by atoms with E-state index in [9.17, 15) is 9.90 Å². The Balaban J connectivity index is 1.96. The van der Waals surface area contributed by atoms with Crippen molar-refractivity contribution in [2.45, 2.75) is 26.4 Å². The number of rotatable bonds is 6. The fourth-order valence-electron chi connectivity index (χ4n) is 2.80. The minimum Gasteiger partial charge on any atom is -0.496 e. The molecule has 3 rings (SSSR count). The molecule has 0 saturated carbocycles. The fourth-order valence-corrected chi connectivity index (χ4v) is 2.80. The lowest BCUT2D eigenvalue weighted by atomic mass is 10.1. The van der Waals surface area contributed by atoms with E-state index in [1.807, 2.05) is 43.3 Å². The molecular formula is C22H22N2O3. The number of para-hydroxylation sites is 1. The Morgan fingerprint density at radius 1 is 1.33 bits per heavy atom. The van der Waals surface area contributed by atoms with Gasteiger partial charge in [-0.05, 0) is 43.0 Å². The van der Waals surface area contributed by atoms with Gasteiger partial charge in [0.1, 0.15) is 6.61 Å². The van der Waals surface area contributed by atoms with Crippen LogP contribution in [-0.2, 0) is 4.74 Å². The quantitative estimate of drug-likeness (QED) is 0.463. The molecule has 0 amide bonds. The molecule has 2 heterocycles. The van der Waals surface area contributed by atoms with Crippen LogP contribution in [0.5, 0.6) is 0 Å². The van der Waals surface area contributed by atoms with E-state index in [0.717, 1.165) is 16.5 Å². The van der Waals surface area contributed by atoms with Crippen LogP contribution < -0.4 is 5.56 Å². The number of fused-ring (bicyclic) bond motifs is 1. The predicted octanol–water partition coefficient (Wildman–Crippen LogP) is 3.65. The summed E-state index contributed by atoms with van der Waals surface area (Å²) in [6, 6.07) is 11.3. The van der Waals surface area contributed by atoms with E-state index in [1.54, 1.807) is 13.0 Å². The van der Waals surface area contributed by atoms with E-state index in [2.05, 4.69) is 15.9 Å². The van der Waals surface area contributed by atoms with Gasteiger partial charge in [0, 0.05) is 11.1 Å². The number of hydrogen-bond acceptors (Lipinski definition) is 3. The zero-order chi connectivity index (χ0) is 19.4. The van der Waals surface area contributed by atoms with Crippen LogP contribution in [-0.4, -0.2) is 27.8 Å². The van der Waals surface area contributed by atoms with Crippen molar-refractivity contribution in [1.29, 1.82) is 0 Å². The predicted molar refractivity (Wildman–Crippen MR) is 108 cm³/mol. The third kappa shape index (κ3) is 4.13. The van der Waals surface area contributed by atoms with Crippen molar-refractivity contribution in [3.63, 3.8) is 0 Å². The summed E-state index contributed by atoms with van der Waals surface area (Å²) in [5.41, 5.74) is 3.08. The van der Waals surface area contributed by atoms with Crippen LogP contribution in [0.3, 0.4) is 0 Å². The summed E-state index contributed by atoms with van der Waals surface area (Å²) in [7, 11) is 0. The van der Waals surface area contributed by atoms with Gasteiger partial charge in [0.15, 0.2) is 0 Å². The summed E-state index contributed by atoms with van der Waals surface area (Å²) in [6.07, 6.45) is 7.54. The lowest BCUT2D eigenvalue weighted by molar-refractivity contribution is 0.0708. The molecule has 3 N–H and O–H groups in total. The maximum atomic E-state index is 12.5. The molecule has 0 aliphatic heterocycles. The fraction of sp³-hybridized carbons (Fsp3) is 0.227. The number of nitrogens with one attached hydrogen (secondary N) is 2. The molecule has 1 atom stereocenters. The highest BCUT2D eigenvalue weighted by Gasteiger charge is 2.12. The van der Waals surface area contributed by atoms with Gasteiger partial charge in [0.2, 0.25) is 0 Å². The minimum absolute atomic E-state index is 0.187. The summed E-state index contributed by atoms with van der Waals surface area (Å²) in [5.74, 6) is 3.24. The van der Waals surface area contributed by atoms with Gasteiger partial charge < -0.3 is 19.8 Å². The van der Waals surface area contributed by atoms with Crippen molar-refractivity contribution < 1.29 is 9.84 Å². The molecule has 0 aliphatic carbocycles. The normalized spacial score (nSPS) is 12.7. The number of ether oxygens (including phenoxy) is 1. The Morgan fingerprint density at radius 3 is 2.85 bits per heavy atom.